The van der Waals surface area contributed by atoms with Gasteiger partial charge in [0.2, 0.25) is 5.88 Å². The van der Waals surface area contributed by atoms with Gasteiger partial charge in [-0.05, 0) is 31.2 Å². The van der Waals surface area contributed by atoms with Crippen molar-refractivity contribution in [1.29, 1.82) is 0 Å². The second-order valence-corrected chi connectivity index (χ2v) is 5.53. The summed E-state index contributed by atoms with van der Waals surface area (Å²) in [6, 6.07) is 10.0. The van der Waals surface area contributed by atoms with Gasteiger partial charge >= 0.3 is 0 Å². The van der Waals surface area contributed by atoms with Crippen LogP contribution in [0.2, 0.25) is 0 Å². The predicted octanol–water partition coefficient (Wildman–Crippen LogP) is 1.57. The molecular formula is C16H18N6O. The number of pyridine rings is 1. The maximum atomic E-state index is 5.20. The molecule has 1 aliphatic rings. The van der Waals surface area contributed by atoms with Crippen molar-refractivity contribution in [3.05, 3.63) is 36.5 Å². The van der Waals surface area contributed by atoms with E-state index in [0.29, 0.717) is 11.9 Å². The summed E-state index contributed by atoms with van der Waals surface area (Å²) in [7, 11) is 1.60. The summed E-state index contributed by atoms with van der Waals surface area (Å²) in [6.45, 7) is 2.02. The number of methoxy groups -OCH3 is 1. The monoisotopic (exact) mass is 310 g/mol. The van der Waals surface area contributed by atoms with Crippen molar-refractivity contribution >= 4 is 11.5 Å². The Morgan fingerprint density at radius 2 is 2.26 bits per heavy atom. The summed E-state index contributed by atoms with van der Waals surface area (Å²) in [5.41, 5.74) is 2.43. The van der Waals surface area contributed by atoms with Crippen LogP contribution in [-0.4, -0.2) is 45.8 Å². The highest BCUT2D eigenvalue weighted by Gasteiger charge is 2.15. The van der Waals surface area contributed by atoms with Crippen molar-refractivity contribution in [3.8, 4) is 17.3 Å². The van der Waals surface area contributed by atoms with Crippen LogP contribution in [0.1, 0.15) is 6.42 Å². The molecule has 1 fully saturated rings. The molecule has 0 bridgehead atoms. The van der Waals surface area contributed by atoms with Crippen LogP contribution in [0, 0.1) is 0 Å². The first kappa shape index (κ1) is 14.0. The van der Waals surface area contributed by atoms with Crippen LogP contribution in [0.25, 0.3) is 17.0 Å². The average Bonchev–Trinajstić information content (AvgIpc) is 3.23. The number of hydrogen-bond acceptors (Lipinski definition) is 6. The fourth-order valence-electron chi connectivity index (χ4n) is 2.78. The lowest BCUT2D eigenvalue weighted by atomic mass is 10.2. The highest BCUT2D eigenvalue weighted by molar-refractivity contribution is 5.61. The summed E-state index contributed by atoms with van der Waals surface area (Å²) in [5.74, 6) is 1.41. The van der Waals surface area contributed by atoms with Gasteiger partial charge in [-0.15, -0.1) is 5.10 Å². The molecule has 1 saturated heterocycles. The second-order valence-electron chi connectivity index (χ2n) is 5.53. The maximum Gasteiger partial charge on any atom is 0.231 e. The Kier molecular flexibility index (Phi) is 3.55. The van der Waals surface area contributed by atoms with Crippen molar-refractivity contribution in [2.45, 2.75) is 12.5 Å². The van der Waals surface area contributed by atoms with Gasteiger partial charge in [0, 0.05) is 18.7 Å². The Bertz CT molecular complexity index is 824. The van der Waals surface area contributed by atoms with Gasteiger partial charge in [0.15, 0.2) is 5.65 Å². The standard InChI is InChI=1S/C16H18N6O/c1-23-16-6-5-15-18-10-13(22(15)21-16)12-3-2-4-14(20-12)19-11-7-8-17-9-11/h2-6,10-11,17H,7-9H2,1H3,(H,19,20). The number of imidazole rings is 1. The van der Waals surface area contributed by atoms with Crippen molar-refractivity contribution in [2.24, 2.45) is 0 Å². The molecule has 0 aromatic carbocycles. The molecule has 3 aromatic rings. The molecule has 0 saturated carbocycles. The van der Waals surface area contributed by atoms with E-state index >= 15 is 0 Å². The summed E-state index contributed by atoms with van der Waals surface area (Å²) in [4.78, 5) is 9.08. The molecule has 1 unspecified atom stereocenters. The van der Waals surface area contributed by atoms with E-state index in [2.05, 4.69) is 20.7 Å². The number of hydrogen-bond donors (Lipinski definition) is 2. The molecule has 0 spiro atoms. The summed E-state index contributed by atoms with van der Waals surface area (Å²) in [5, 5.41) is 11.2. The van der Waals surface area contributed by atoms with E-state index in [4.69, 9.17) is 9.72 Å². The van der Waals surface area contributed by atoms with Gasteiger partial charge in [-0.1, -0.05) is 6.07 Å². The first-order valence-corrected chi connectivity index (χ1v) is 7.67. The lowest BCUT2D eigenvalue weighted by Gasteiger charge is -2.12. The zero-order valence-electron chi connectivity index (χ0n) is 12.9. The fraction of sp³-hybridized carbons (Fsp3) is 0.312. The largest absolute Gasteiger partial charge is 0.480 e. The molecular weight excluding hydrogens is 292 g/mol. The van der Waals surface area contributed by atoms with Gasteiger partial charge in [-0.3, -0.25) is 0 Å². The van der Waals surface area contributed by atoms with Crippen molar-refractivity contribution < 1.29 is 4.74 Å². The molecule has 2 N–H and O–H groups in total. The highest BCUT2D eigenvalue weighted by Crippen LogP contribution is 2.21. The number of fused-ring (bicyclic) bond motifs is 1. The van der Waals surface area contributed by atoms with E-state index in [-0.39, 0.29) is 0 Å². The molecule has 4 rings (SSSR count). The third-order valence-electron chi connectivity index (χ3n) is 3.97. The molecule has 118 valence electrons. The third-order valence-corrected chi connectivity index (χ3v) is 3.97. The van der Waals surface area contributed by atoms with Crippen LogP contribution in [0.15, 0.2) is 36.5 Å². The molecule has 4 heterocycles. The van der Waals surface area contributed by atoms with Gasteiger partial charge < -0.3 is 15.4 Å². The van der Waals surface area contributed by atoms with Crippen LogP contribution >= 0.6 is 0 Å². The van der Waals surface area contributed by atoms with Gasteiger partial charge in [0.05, 0.1) is 19.0 Å². The number of anilines is 1. The SMILES string of the molecule is COc1ccc2ncc(-c3cccc(NC4CCNC4)n3)n2n1. The summed E-state index contributed by atoms with van der Waals surface area (Å²) in [6.07, 6.45) is 2.89. The number of ether oxygens (including phenoxy) is 1. The quantitative estimate of drug-likeness (QED) is 0.762. The van der Waals surface area contributed by atoms with E-state index in [9.17, 15) is 0 Å². The first-order chi connectivity index (χ1) is 11.3. The fourth-order valence-corrected chi connectivity index (χ4v) is 2.78. The normalized spacial score (nSPS) is 17.5. The summed E-state index contributed by atoms with van der Waals surface area (Å²) >= 11 is 0. The van der Waals surface area contributed by atoms with Crippen LogP contribution in [-0.2, 0) is 0 Å². The number of nitrogens with one attached hydrogen (secondary N) is 2. The van der Waals surface area contributed by atoms with E-state index in [1.165, 1.54) is 0 Å². The Balaban J connectivity index is 1.69. The smallest absolute Gasteiger partial charge is 0.231 e. The lowest BCUT2D eigenvalue weighted by Crippen LogP contribution is -2.22. The number of rotatable bonds is 4. The minimum absolute atomic E-state index is 0.429. The van der Waals surface area contributed by atoms with Crippen LogP contribution in [0.5, 0.6) is 5.88 Å². The number of aromatic nitrogens is 4. The van der Waals surface area contributed by atoms with E-state index < -0.39 is 0 Å². The highest BCUT2D eigenvalue weighted by atomic mass is 16.5. The molecule has 1 atom stereocenters. The van der Waals surface area contributed by atoms with Crippen LogP contribution in [0.4, 0.5) is 5.82 Å². The Hall–Kier alpha value is -2.67. The minimum atomic E-state index is 0.429. The molecule has 1 aliphatic heterocycles. The summed E-state index contributed by atoms with van der Waals surface area (Å²) < 4.78 is 6.95. The van der Waals surface area contributed by atoms with Crippen LogP contribution in [0.3, 0.4) is 0 Å². The molecule has 3 aromatic heterocycles. The topological polar surface area (TPSA) is 76.4 Å². The van der Waals surface area contributed by atoms with Gasteiger partial charge in [0.25, 0.3) is 0 Å². The minimum Gasteiger partial charge on any atom is -0.480 e. The Labute approximate surface area is 133 Å². The predicted molar refractivity (Wildman–Crippen MR) is 87.7 cm³/mol. The molecule has 0 amide bonds. The zero-order valence-corrected chi connectivity index (χ0v) is 12.9. The first-order valence-electron chi connectivity index (χ1n) is 7.67. The average molecular weight is 310 g/mol. The van der Waals surface area contributed by atoms with E-state index in [1.54, 1.807) is 23.9 Å². The molecule has 0 aliphatic carbocycles. The third kappa shape index (κ3) is 2.70. The van der Waals surface area contributed by atoms with Gasteiger partial charge in [-0.25, -0.2) is 14.5 Å². The lowest BCUT2D eigenvalue weighted by molar-refractivity contribution is 0.390. The maximum absolute atomic E-state index is 5.20. The second kappa shape index (κ2) is 5.85. The Morgan fingerprint density at radius 1 is 1.30 bits per heavy atom. The van der Waals surface area contributed by atoms with Crippen LogP contribution < -0.4 is 15.4 Å². The molecule has 7 heteroatoms. The number of nitrogens with zero attached hydrogens (tertiary/aromatic N) is 4. The zero-order chi connectivity index (χ0) is 15.6. The Morgan fingerprint density at radius 3 is 3.09 bits per heavy atom. The molecule has 7 nitrogen and oxygen atoms in total. The van der Waals surface area contributed by atoms with Gasteiger partial charge in [0.1, 0.15) is 11.5 Å². The van der Waals surface area contributed by atoms with E-state index in [1.807, 2.05) is 24.3 Å². The van der Waals surface area contributed by atoms with Crippen molar-refractivity contribution in [2.75, 3.05) is 25.5 Å². The van der Waals surface area contributed by atoms with E-state index in [0.717, 1.165) is 42.4 Å². The molecule has 0 radical (unpaired) electrons. The van der Waals surface area contributed by atoms with Crippen molar-refractivity contribution in [1.82, 2.24) is 24.9 Å². The van der Waals surface area contributed by atoms with Gasteiger partial charge in [-0.2, -0.15) is 0 Å². The molecule has 23 heavy (non-hydrogen) atoms. The van der Waals surface area contributed by atoms with Crippen molar-refractivity contribution in [3.63, 3.8) is 0 Å².